The van der Waals surface area contributed by atoms with Gasteiger partial charge in [-0.25, -0.2) is 0 Å². The zero-order chi connectivity index (χ0) is 14.5. The second kappa shape index (κ2) is 5.92. The Labute approximate surface area is 115 Å². The average Bonchev–Trinajstić information content (AvgIpc) is 2.46. The standard InChI is InChI=1S/C14H14N2O4/c1-19-11-7-5-10(6-8-11)9-20-13-4-2-3-12(14(13)15)16(17)18/h2-8H,9,15H2,1H3. The second-order valence-corrected chi connectivity index (χ2v) is 4.08. The van der Waals surface area contributed by atoms with E-state index in [4.69, 9.17) is 15.2 Å². The van der Waals surface area contributed by atoms with E-state index in [9.17, 15) is 10.1 Å². The van der Waals surface area contributed by atoms with Crippen molar-refractivity contribution in [2.45, 2.75) is 6.61 Å². The van der Waals surface area contributed by atoms with Crippen molar-refractivity contribution in [2.24, 2.45) is 0 Å². The number of nitrogen functional groups attached to an aromatic ring is 1. The summed E-state index contributed by atoms with van der Waals surface area (Å²) in [5.74, 6) is 1.05. The molecule has 0 aromatic heterocycles. The lowest BCUT2D eigenvalue weighted by Gasteiger charge is -2.09. The first kappa shape index (κ1) is 13.7. The van der Waals surface area contributed by atoms with Gasteiger partial charge in [-0.1, -0.05) is 18.2 Å². The van der Waals surface area contributed by atoms with E-state index in [1.165, 1.54) is 12.1 Å². The summed E-state index contributed by atoms with van der Waals surface area (Å²) in [6.07, 6.45) is 0. The highest BCUT2D eigenvalue weighted by Gasteiger charge is 2.15. The van der Waals surface area contributed by atoms with E-state index in [1.807, 2.05) is 24.3 Å². The molecule has 2 aromatic rings. The van der Waals surface area contributed by atoms with Gasteiger partial charge in [0.2, 0.25) is 0 Å². The molecule has 2 N–H and O–H groups in total. The van der Waals surface area contributed by atoms with Crippen molar-refractivity contribution in [3.05, 3.63) is 58.1 Å². The molecule has 0 heterocycles. The number of methoxy groups -OCH3 is 1. The Kier molecular flexibility index (Phi) is 4.05. The van der Waals surface area contributed by atoms with E-state index in [1.54, 1.807) is 13.2 Å². The lowest BCUT2D eigenvalue weighted by molar-refractivity contribution is -0.384. The van der Waals surface area contributed by atoms with Crippen molar-refractivity contribution in [2.75, 3.05) is 12.8 Å². The maximum absolute atomic E-state index is 10.8. The van der Waals surface area contributed by atoms with Crippen LogP contribution in [0.4, 0.5) is 11.4 Å². The molecule has 0 radical (unpaired) electrons. The van der Waals surface area contributed by atoms with Crippen LogP contribution >= 0.6 is 0 Å². The number of rotatable bonds is 5. The van der Waals surface area contributed by atoms with Crippen LogP contribution in [-0.4, -0.2) is 12.0 Å². The highest BCUT2D eigenvalue weighted by Crippen LogP contribution is 2.31. The van der Waals surface area contributed by atoms with Gasteiger partial charge in [-0.05, 0) is 23.8 Å². The van der Waals surface area contributed by atoms with Crippen LogP contribution < -0.4 is 15.2 Å². The molecular weight excluding hydrogens is 260 g/mol. The maximum Gasteiger partial charge on any atom is 0.295 e. The zero-order valence-electron chi connectivity index (χ0n) is 10.9. The number of nitrogens with zero attached hydrogens (tertiary/aromatic N) is 1. The normalized spacial score (nSPS) is 10.1. The predicted octanol–water partition coefficient (Wildman–Crippen LogP) is 2.76. The summed E-state index contributed by atoms with van der Waals surface area (Å²) in [5.41, 5.74) is 6.50. The van der Waals surface area contributed by atoms with Crippen LogP contribution in [0.1, 0.15) is 5.56 Å². The summed E-state index contributed by atoms with van der Waals surface area (Å²) in [7, 11) is 1.59. The molecule has 0 spiro atoms. The SMILES string of the molecule is COc1ccc(COc2cccc([N+](=O)[O-])c2N)cc1. The largest absolute Gasteiger partial charge is 0.497 e. The highest BCUT2D eigenvalue weighted by atomic mass is 16.6. The third-order valence-electron chi connectivity index (χ3n) is 2.79. The number of nitro groups is 1. The number of benzene rings is 2. The van der Waals surface area contributed by atoms with Crippen LogP contribution in [0.2, 0.25) is 0 Å². The fourth-order valence-corrected chi connectivity index (χ4v) is 1.70. The lowest BCUT2D eigenvalue weighted by Crippen LogP contribution is -2.01. The summed E-state index contributed by atoms with van der Waals surface area (Å²) in [6.45, 7) is 0.273. The minimum absolute atomic E-state index is 0.0333. The van der Waals surface area contributed by atoms with Gasteiger partial charge >= 0.3 is 0 Å². The molecule has 2 aromatic carbocycles. The number of anilines is 1. The molecule has 0 amide bonds. The number of para-hydroxylation sites is 1. The van der Waals surface area contributed by atoms with Gasteiger partial charge in [0.15, 0.2) is 5.69 Å². The van der Waals surface area contributed by atoms with Crippen molar-refractivity contribution >= 4 is 11.4 Å². The van der Waals surface area contributed by atoms with Gasteiger partial charge in [-0.3, -0.25) is 10.1 Å². The summed E-state index contributed by atoms with van der Waals surface area (Å²) in [5, 5.41) is 10.8. The van der Waals surface area contributed by atoms with Crippen molar-refractivity contribution in [1.29, 1.82) is 0 Å². The van der Waals surface area contributed by atoms with Gasteiger partial charge in [0, 0.05) is 6.07 Å². The molecule has 6 nitrogen and oxygen atoms in total. The Morgan fingerprint density at radius 3 is 2.50 bits per heavy atom. The van der Waals surface area contributed by atoms with E-state index in [-0.39, 0.29) is 18.0 Å². The summed E-state index contributed by atoms with van der Waals surface area (Å²) >= 11 is 0. The molecule has 6 heteroatoms. The molecule has 2 rings (SSSR count). The molecule has 0 aliphatic carbocycles. The van der Waals surface area contributed by atoms with E-state index in [2.05, 4.69) is 0 Å². The number of hydrogen-bond donors (Lipinski definition) is 1. The molecule has 0 aliphatic rings. The van der Waals surface area contributed by atoms with Gasteiger partial charge in [0.25, 0.3) is 5.69 Å². The fourth-order valence-electron chi connectivity index (χ4n) is 1.70. The van der Waals surface area contributed by atoms with Crippen molar-refractivity contribution in [3.63, 3.8) is 0 Å². The molecule has 0 aliphatic heterocycles. The van der Waals surface area contributed by atoms with Crippen LogP contribution in [0.3, 0.4) is 0 Å². The number of nitrogens with two attached hydrogens (primary N) is 1. The minimum Gasteiger partial charge on any atom is -0.497 e. The molecule has 0 atom stereocenters. The molecular formula is C14H14N2O4. The Hall–Kier alpha value is -2.76. The van der Waals surface area contributed by atoms with Crippen LogP contribution in [0.5, 0.6) is 11.5 Å². The molecule has 0 bridgehead atoms. The van der Waals surface area contributed by atoms with Gasteiger partial charge in [-0.15, -0.1) is 0 Å². The fraction of sp³-hybridized carbons (Fsp3) is 0.143. The molecule has 104 valence electrons. The summed E-state index contributed by atoms with van der Waals surface area (Å²) in [6, 6.07) is 11.8. The highest BCUT2D eigenvalue weighted by molar-refractivity contribution is 5.66. The Morgan fingerprint density at radius 2 is 1.90 bits per heavy atom. The molecule has 0 saturated heterocycles. The van der Waals surface area contributed by atoms with Gasteiger partial charge in [0.05, 0.1) is 12.0 Å². The quantitative estimate of drug-likeness (QED) is 0.514. The Balaban J connectivity index is 2.10. The topological polar surface area (TPSA) is 87.6 Å². The average molecular weight is 274 g/mol. The van der Waals surface area contributed by atoms with Gasteiger partial charge in [-0.2, -0.15) is 0 Å². The summed E-state index contributed by atoms with van der Waals surface area (Å²) < 4.78 is 10.6. The molecule has 0 unspecified atom stereocenters. The first-order valence-corrected chi connectivity index (χ1v) is 5.90. The van der Waals surface area contributed by atoms with Crippen molar-refractivity contribution in [1.82, 2.24) is 0 Å². The maximum atomic E-state index is 10.8. The Morgan fingerprint density at radius 1 is 1.20 bits per heavy atom. The van der Waals surface area contributed by atoms with Crippen molar-refractivity contribution in [3.8, 4) is 11.5 Å². The zero-order valence-corrected chi connectivity index (χ0v) is 10.9. The van der Waals surface area contributed by atoms with Gasteiger partial charge < -0.3 is 15.2 Å². The van der Waals surface area contributed by atoms with Crippen LogP contribution in [-0.2, 0) is 6.61 Å². The molecule has 20 heavy (non-hydrogen) atoms. The van der Waals surface area contributed by atoms with Crippen molar-refractivity contribution < 1.29 is 14.4 Å². The predicted molar refractivity (Wildman–Crippen MR) is 74.8 cm³/mol. The van der Waals surface area contributed by atoms with Gasteiger partial charge in [0.1, 0.15) is 18.1 Å². The van der Waals surface area contributed by atoms with E-state index < -0.39 is 4.92 Å². The first-order valence-electron chi connectivity index (χ1n) is 5.90. The Bertz CT molecular complexity index is 611. The third kappa shape index (κ3) is 2.97. The smallest absolute Gasteiger partial charge is 0.295 e. The molecule has 0 fully saturated rings. The summed E-state index contributed by atoms with van der Waals surface area (Å²) in [4.78, 5) is 10.2. The van der Waals surface area contributed by atoms with E-state index in [0.29, 0.717) is 5.75 Å². The number of hydrogen-bond acceptors (Lipinski definition) is 5. The first-order chi connectivity index (χ1) is 9.61. The van der Waals surface area contributed by atoms with Crippen LogP contribution in [0.15, 0.2) is 42.5 Å². The monoisotopic (exact) mass is 274 g/mol. The van der Waals surface area contributed by atoms with E-state index >= 15 is 0 Å². The minimum atomic E-state index is -0.532. The van der Waals surface area contributed by atoms with Crippen LogP contribution in [0, 0.1) is 10.1 Å². The number of ether oxygens (including phenoxy) is 2. The second-order valence-electron chi connectivity index (χ2n) is 4.08. The van der Waals surface area contributed by atoms with Crippen LogP contribution in [0.25, 0.3) is 0 Å². The van der Waals surface area contributed by atoms with E-state index in [0.717, 1.165) is 11.3 Å². The number of nitro benzene ring substituents is 1. The lowest BCUT2D eigenvalue weighted by atomic mass is 10.2. The third-order valence-corrected chi connectivity index (χ3v) is 2.79. The molecule has 0 saturated carbocycles.